The van der Waals surface area contributed by atoms with Crippen LogP contribution in [0.5, 0.6) is 0 Å². The normalized spacial score (nSPS) is 17.5. The molecule has 1 aliphatic heterocycles. The van der Waals surface area contributed by atoms with Gasteiger partial charge in [-0.1, -0.05) is 16.8 Å². The molecular formula is C24H26ClN5O4. The second kappa shape index (κ2) is 8.79. The molecular weight excluding hydrogens is 458 g/mol. The molecule has 1 aromatic carbocycles. The fourth-order valence-corrected chi connectivity index (χ4v) is 5.36. The van der Waals surface area contributed by atoms with Gasteiger partial charge in [-0.05, 0) is 61.4 Å². The lowest BCUT2D eigenvalue weighted by atomic mass is 9.60. The van der Waals surface area contributed by atoms with Crippen molar-refractivity contribution in [3.63, 3.8) is 0 Å². The number of benzene rings is 1. The van der Waals surface area contributed by atoms with Crippen LogP contribution in [0.4, 0.5) is 10.6 Å². The number of carboxylic acid groups (broad SMARTS) is 1. The van der Waals surface area contributed by atoms with Crippen molar-refractivity contribution in [3.8, 4) is 0 Å². The predicted octanol–water partition coefficient (Wildman–Crippen LogP) is 4.17. The Morgan fingerprint density at radius 1 is 1.24 bits per heavy atom. The van der Waals surface area contributed by atoms with Gasteiger partial charge in [-0.2, -0.15) is 0 Å². The number of piperidine rings is 1. The number of fused-ring (bicyclic) bond motifs is 1. The summed E-state index contributed by atoms with van der Waals surface area (Å²) in [7, 11) is 1.51. The summed E-state index contributed by atoms with van der Waals surface area (Å²) in [5.74, 6) is 0.960. The summed E-state index contributed by atoms with van der Waals surface area (Å²) in [6.07, 6.45) is 2.66. The Morgan fingerprint density at radius 3 is 2.71 bits per heavy atom. The summed E-state index contributed by atoms with van der Waals surface area (Å²) < 4.78 is 5.19. The number of hydrogen-bond donors (Lipinski definition) is 2. The first-order chi connectivity index (χ1) is 16.4. The number of nitrogens with one attached hydrogen (secondary N) is 1. The van der Waals surface area contributed by atoms with E-state index < -0.39 is 6.09 Å². The highest BCUT2D eigenvalue weighted by Gasteiger charge is 2.49. The number of hydrogen-bond acceptors (Lipinski definition) is 6. The van der Waals surface area contributed by atoms with E-state index in [2.05, 4.69) is 21.4 Å². The van der Waals surface area contributed by atoms with Crippen molar-refractivity contribution in [1.29, 1.82) is 0 Å². The van der Waals surface area contributed by atoms with Gasteiger partial charge in [0.05, 0.1) is 12.1 Å². The third-order valence-electron chi connectivity index (χ3n) is 7.15. The second-order valence-electron chi connectivity index (χ2n) is 9.22. The Bertz CT molecular complexity index is 1230. The molecule has 1 saturated heterocycles. The molecule has 3 aromatic rings. The summed E-state index contributed by atoms with van der Waals surface area (Å²) in [4.78, 5) is 32.1. The topological polar surface area (TPSA) is 112 Å². The number of aromatic nitrogens is 2. The lowest BCUT2D eigenvalue weighted by Crippen LogP contribution is -2.56. The van der Waals surface area contributed by atoms with Crippen molar-refractivity contribution >= 4 is 40.3 Å². The quantitative estimate of drug-likeness (QED) is 0.560. The number of amides is 2. The monoisotopic (exact) mass is 483 g/mol. The number of nitrogens with zero attached hydrogens (tertiary/aromatic N) is 4. The molecule has 1 saturated carbocycles. The van der Waals surface area contributed by atoms with Crippen LogP contribution in [-0.4, -0.2) is 58.3 Å². The zero-order valence-corrected chi connectivity index (χ0v) is 19.6. The number of carbonyl (C=O) groups is 2. The van der Waals surface area contributed by atoms with Crippen molar-refractivity contribution in [3.05, 3.63) is 52.9 Å². The van der Waals surface area contributed by atoms with Crippen molar-refractivity contribution < 1.29 is 19.2 Å². The molecule has 5 rings (SSSR count). The van der Waals surface area contributed by atoms with E-state index in [1.54, 1.807) is 0 Å². The van der Waals surface area contributed by atoms with E-state index in [1.807, 2.05) is 24.3 Å². The first-order valence-corrected chi connectivity index (χ1v) is 11.7. The van der Waals surface area contributed by atoms with Crippen molar-refractivity contribution in [2.24, 2.45) is 5.41 Å². The maximum atomic E-state index is 11.9. The van der Waals surface area contributed by atoms with E-state index in [4.69, 9.17) is 21.1 Å². The average molecular weight is 484 g/mol. The highest BCUT2D eigenvalue weighted by molar-refractivity contribution is 6.31. The summed E-state index contributed by atoms with van der Waals surface area (Å²) in [6, 6.07) is 11.2. The lowest BCUT2D eigenvalue weighted by Gasteiger charge is -2.54. The van der Waals surface area contributed by atoms with Crippen LogP contribution in [0.15, 0.2) is 40.9 Å². The molecule has 10 heteroatoms. The van der Waals surface area contributed by atoms with E-state index in [-0.39, 0.29) is 29.6 Å². The smallest absolute Gasteiger partial charge is 0.407 e. The third kappa shape index (κ3) is 4.27. The zero-order chi connectivity index (χ0) is 23.9. The Morgan fingerprint density at radius 2 is 2.00 bits per heavy atom. The molecule has 2 aliphatic rings. The van der Waals surface area contributed by atoms with Crippen LogP contribution in [0.25, 0.3) is 10.9 Å². The number of carbonyl (C=O) groups excluding carboxylic acids is 1. The molecule has 178 valence electrons. The third-order valence-corrected chi connectivity index (χ3v) is 7.39. The number of rotatable bonds is 5. The first kappa shape index (κ1) is 22.5. The fraction of sp³-hybridized carbons (Fsp3) is 0.417. The average Bonchev–Trinajstić information content (AvgIpc) is 3.29. The van der Waals surface area contributed by atoms with Gasteiger partial charge in [0.15, 0.2) is 11.5 Å². The maximum absolute atomic E-state index is 11.9. The van der Waals surface area contributed by atoms with Crippen LogP contribution >= 0.6 is 11.6 Å². The molecule has 1 aliphatic carbocycles. The highest BCUT2D eigenvalue weighted by atomic mass is 35.5. The Balaban J connectivity index is 1.19. The van der Waals surface area contributed by atoms with Crippen LogP contribution in [0, 0.1) is 5.41 Å². The number of pyridine rings is 1. The molecule has 1 spiro atoms. The summed E-state index contributed by atoms with van der Waals surface area (Å²) >= 11 is 6.08. The van der Waals surface area contributed by atoms with E-state index in [1.165, 1.54) is 18.0 Å². The van der Waals surface area contributed by atoms with Crippen molar-refractivity contribution in [2.75, 3.05) is 25.0 Å². The maximum Gasteiger partial charge on any atom is 0.407 e. The van der Waals surface area contributed by atoms with Gasteiger partial charge in [-0.3, -0.25) is 9.69 Å². The predicted molar refractivity (Wildman–Crippen MR) is 127 cm³/mol. The largest absolute Gasteiger partial charge is 0.465 e. The minimum Gasteiger partial charge on any atom is -0.465 e. The van der Waals surface area contributed by atoms with Gasteiger partial charge in [0, 0.05) is 42.7 Å². The molecule has 2 aromatic heterocycles. The molecule has 0 radical (unpaired) electrons. The number of halogens is 1. The molecule has 0 unspecified atom stereocenters. The SMILES string of the molecule is CNC(=O)c1cc(CN(C(=O)O)C2CC3(CCN(c4ccc5cc(Cl)ccc5n4)CC3)C2)on1. The van der Waals surface area contributed by atoms with E-state index >= 15 is 0 Å². The van der Waals surface area contributed by atoms with Gasteiger partial charge in [-0.25, -0.2) is 9.78 Å². The molecule has 0 atom stereocenters. The van der Waals surface area contributed by atoms with Crippen LogP contribution in [0.2, 0.25) is 5.02 Å². The van der Waals surface area contributed by atoms with Crippen molar-refractivity contribution in [2.45, 2.75) is 38.3 Å². The van der Waals surface area contributed by atoms with Crippen LogP contribution in [0.3, 0.4) is 0 Å². The van der Waals surface area contributed by atoms with E-state index in [9.17, 15) is 14.7 Å². The van der Waals surface area contributed by atoms with Crippen LogP contribution in [-0.2, 0) is 6.54 Å². The minimum atomic E-state index is -0.990. The molecule has 0 bridgehead atoms. The Labute approximate surface area is 201 Å². The van der Waals surface area contributed by atoms with Gasteiger partial charge in [-0.15, -0.1) is 0 Å². The minimum absolute atomic E-state index is 0.0684. The van der Waals surface area contributed by atoms with Crippen molar-refractivity contribution in [1.82, 2.24) is 20.4 Å². The molecule has 3 heterocycles. The molecule has 34 heavy (non-hydrogen) atoms. The zero-order valence-electron chi connectivity index (χ0n) is 18.8. The van der Waals surface area contributed by atoms with Gasteiger partial charge >= 0.3 is 6.09 Å². The molecule has 9 nitrogen and oxygen atoms in total. The molecule has 2 N–H and O–H groups in total. The Kier molecular flexibility index (Phi) is 5.81. The van der Waals surface area contributed by atoms with E-state index in [0.717, 1.165) is 55.5 Å². The lowest BCUT2D eigenvalue weighted by molar-refractivity contribution is -0.0149. The van der Waals surface area contributed by atoms with Crippen LogP contribution in [0.1, 0.15) is 41.9 Å². The standard InChI is InChI=1S/C24H26ClN5O4/c1-26-22(31)20-11-18(34-28-20)14-30(23(32)33)17-12-24(13-17)6-8-29(9-7-24)21-5-2-15-10-16(25)3-4-19(15)27-21/h2-5,10-11,17H,6-9,12-14H2,1H3,(H,26,31)(H,32,33). The first-order valence-electron chi connectivity index (χ1n) is 11.3. The summed E-state index contributed by atoms with van der Waals surface area (Å²) in [6.45, 7) is 1.87. The molecule has 2 fully saturated rings. The Hall–Kier alpha value is -3.33. The second-order valence-corrected chi connectivity index (χ2v) is 9.66. The van der Waals surface area contributed by atoms with Crippen LogP contribution < -0.4 is 10.2 Å². The summed E-state index contributed by atoms with van der Waals surface area (Å²) in [5, 5.41) is 17.7. The summed E-state index contributed by atoms with van der Waals surface area (Å²) in [5.41, 5.74) is 1.23. The van der Waals surface area contributed by atoms with Gasteiger partial charge < -0.3 is 19.8 Å². The van der Waals surface area contributed by atoms with Gasteiger partial charge in [0.1, 0.15) is 5.82 Å². The van der Waals surface area contributed by atoms with Gasteiger partial charge in [0.2, 0.25) is 0 Å². The van der Waals surface area contributed by atoms with E-state index in [0.29, 0.717) is 10.8 Å². The highest BCUT2D eigenvalue weighted by Crippen LogP contribution is 2.51. The van der Waals surface area contributed by atoms with Gasteiger partial charge in [0.25, 0.3) is 5.91 Å². The number of anilines is 1. The molecule has 2 amide bonds. The fourth-order valence-electron chi connectivity index (χ4n) is 5.18.